The maximum absolute atomic E-state index is 13.1. The van der Waals surface area contributed by atoms with Crippen molar-refractivity contribution in [2.24, 2.45) is 5.92 Å². The van der Waals surface area contributed by atoms with E-state index in [9.17, 15) is 4.39 Å². The third-order valence-electron chi connectivity index (χ3n) is 2.62. The molecule has 1 heteroatoms. The first-order chi connectivity index (χ1) is 6.66. The van der Waals surface area contributed by atoms with Crippen LogP contribution in [0.25, 0.3) is 0 Å². The smallest absolute Gasteiger partial charge is 0.126 e. The van der Waals surface area contributed by atoms with Crippen LogP contribution in [0.5, 0.6) is 0 Å². The number of rotatable bonds is 0. The van der Waals surface area contributed by atoms with Crippen molar-refractivity contribution in [3.63, 3.8) is 0 Å². The molecule has 0 radical (unpaired) electrons. The number of hydrogen-bond acceptors (Lipinski definition) is 0. The molecule has 1 aromatic carbocycles. The van der Waals surface area contributed by atoms with Gasteiger partial charge in [0.25, 0.3) is 0 Å². The van der Waals surface area contributed by atoms with Crippen molar-refractivity contribution in [3.05, 3.63) is 34.6 Å². The van der Waals surface area contributed by atoms with Crippen LogP contribution in [0.2, 0.25) is 0 Å². The first-order valence-corrected chi connectivity index (χ1v) is 5.44. The molecular formula is C13H19F. The molecule has 0 spiro atoms. The third kappa shape index (κ3) is 2.14. The maximum atomic E-state index is 13.1. The van der Waals surface area contributed by atoms with Gasteiger partial charge in [-0.3, -0.25) is 0 Å². The molecule has 14 heavy (non-hydrogen) atoms. The van der Waals surface area contributed by atoms with Crippen LogP contribution in [0, 0.1) is 18.7 Å². The molecule has 0 N–H and O–H groups in total. The lowest BCUT2D eigenvalue weighted by Gasteiger charge is -2.01. The van der Waals surface area contributed by atoms with E-state index >= 15 is 0 Å². The Balaban J connectivity index is 0.000000461. The zero-order chi connectivity index (χ0) is 10.7. The van der Waals surface area contributed by atoms with Crippen molar-refractivity contribution in [3.8, 4) is 0 Å². The van der Waals surface area contributed by atoms with Crippen LogP contribution in [0.15, 0.2) is 12.1 Å². The Hall–Kier alpha value is -0.850. The number of benzene rings is 1. The molecule has 0 fully saturated rings. The normalized spacial score (nSPS) is 18.5. The molecule has 0 saturated heterocycles. The van der Waals surface area contributed by atoms with Crippen molar-refractivity contribution >= 4 is 0 Å². The number of halogens is 1. The molecule has 0 amide bonds. The van der Waals surface area contributed by atoms with Crippen molar-refractivity contribution in [1.29, 1.82) is 0 Å². The first kappa shape index (κ1) is 11.2. The summed E-state index contributed by atoms with van der Waals surface area (Å²) < 4.78 is 13.1. The van der Waals surface area contributed by atoms with Crippen LogP contribution in [0.1, 0.15) is 37.5 Å². The molecule has 0 heterocycles. The molecule has 0 nitrogen and oxygen atoms in total. The fourth-order valence-corrected chi connectivity index (χ4v) is 1.99. The second kappa shape index (κ2) is 4.59. The summed E-state index contributed by atoms with van der Waals surface area (Å²) in [5, 5.41) is 0. The van der Waals surface area contributed by atoms with Gasteiger partial charge in [-0.1, -0.05) is 26.8 Å². The third-order valence-corrected chi connectivity index (χ3v) is 2.62. The van der Waals surface area contributed by atoms with E-state index in [2.05, 4.69) is 6.92 Å². The average Bonchev–Trinajstić information content (AvgIpc) is 2.49. The van der Waals surface area contributed by atoms with Gasteiger partial charge in [-0.15, -0.1) is 0 Å². The lowest BCUT2D eigenvalue weighted by molar-refractivity contribution is 0.613. The molecule has 78 valence electrons. The first-order valence-electron chi connectivity index (χ1n) is 5.44. The molecular weight excluding hydrogens is 175 g/mol. The zero-order valence-electron chi connectivity index (χ0n) is 9.52. The second-order valence-corrected chi connectivity index (χ2v) is 3.88. The Morgan fingerprint density at radius 2 is 1.64 bits per heavy atom. The van der Waals surface area contributed by atoms with Gasteiger partial charge in [0.2, 0.25) is 0 Å². The van der Waals surface area contributed by atoms with Crippen molar-refractivity contribution in [1.82, 2.24) is 0 Å². The quantitative estimate of drug-likeness (QED) is 0.587. The maximum Gasteiger partial charge on any atom is 0.126 e. The molecule has 1 aliphatic rings. The van der Waals surface area contributed by atoms with Gasteiger partial charge < -0.3 is 0 Å². The van der Waals surface area contributed by atoms with E-state index in [4.69, 9.17) is 0 Å². The summed E-state index contributed by atoms with van der Waals surface area (Å²) in [5.74, 6) is 0.643. The van der Waals surface area contributed by atoms with Gasteiger partial charge in [0, 0.05) is 0 Å². The summed E-state index contributed by atoms with van der Waals surface area (Å²) in [7, 11) is 0. The number of aryl methyl sites for hydroxylation is 1. The van der Waals surface area contributed by atoms with Crippen molar-refractivity contribution in [2.75, 3.05) is 0 Å². The molecule has 1 atom stereocenters. The summed E-state index contributed by atoms with van der Waals surface area (Å²) >= 11 is 0. The lowest BCUT2D eigenvalue weighted by Crippen LogP contribution is -1.89. The fourth-order valence-electron chi connectivity index (χ4n) is 1.99. The van der Waals surface area contributed by atoms with Crippen LogP contribution in [0.4, 0.5) is 4.39 Å². The predicted molar refractivity (Wildman–Crippen MR) is 59.1 cm³/mol. The molecule has 0 aliphatic heterocycles. The van der Waals surface area contributed by atoms with E-state index in [1.165, 1.54) is 11.1 Å². The van der Waals surface area contributed by atoms with Gasteiger partial charge in [0.05, 0.1) is 0 Å². The number of fused-ring (bicyclic) bond motifs is 1. The highest BCUT2D eigenvalue weighted by atomic mass is 19.1. The van der Waals surface area contributed by atoms with Crippen LogP contribution < -0.4 is 0 Å². The molecule has 1 aliphatic carbocycles. The van der Waals surface area contributed by atoms with Gasteiger partial charge >= 0.3 is 0 Å². The topological polar surface area (TPSA) is 0 Å². The largest absolute Gasteiger partial charge is 0.207 e. The van der Waals surface area contributed by atoms with Crippen LogP contribution >= 0.6 is 0 Å². The lowest BCUT2D eigenvalue weighted by atomic mass is 10.1. The van der Waals surface area contributed by atoms with Crippen LogP contribution in [-0.2, 0) is 12.8 Å². The highest BCUT2D eigenvalue weighted by molar-refractivity contribution is 5.36. The number of hydrogen-bond donors (Lipinski definition) is 0. The average molecular weight is 194 g/mol. The molecule has 2 rings (SSSR count). The van der Waals surface area contributed by atoms with Gasteiger partial charge in [0.15, 0.2) is 0 Å². The van der Waals surface area contributed by atoms with E-state index in [-0.39, 0.29) is 5.82 Å². The SMILES string of the molecule is CC.Cc1cc2c(cc1F)CC(C)C2. The second-order valence-electron chi connectivity index (χ2n) is 3.88. The van der Waals surface area contributed by atoms with Crippen molar-refractivity contribution < 1.29 is 4.39 Å². The highest BCUT2D eigenvalue weighted by Crippen LogP contribution is 2.28. The van der Waals surface area contributed by atoms with Crippen molar-refractivity contribution in [2.45, 2.75) is 40.5 Å². The molecule has 1 unspecified atom stereocenters. The Morgan fingerprint density at radius 3 is 2.21 bits per heavy atom. The van der Waals surface area contributed by atoms with E-state index in [0.717, 1.165) is 18.4 Å². The molecule has 0 saturated carbocycles. The summed E-state index contributed by atoms with van der Waals surface area (Å²) in [4.78, 5) is 0. The van der Waals surface area contributed by atoms with Crippen LogP contribution in [0.3, 0.4) is 0 Å². The molecule has 0 bridgehead atoms. The molecule has 0 aromatic heterocycles. The predicted octanol–water partition coefficient (Wildman–Crippen LogP) is 3.90. The summed E-state index contributed by atoms with van der Waals surface area (Å²) in [6.07, 6.45) is 2.17. The fraction of sp³-hybridized carbons (Fsp3) is 0.538. The monoisotopic (exact) mass is 194 g/mol. The highest BCUT2D eigenvalue weighted by Gasteiger charge is 2.18. The summed E-state index contributed by atoms with van der Waals surface area (Å²) in [6, 6.07) is 3.70. The minimum atomic E-state index is -0.0529. The van der Waals surface area contributed by atoms with E-state index in [1.807, 2.05) is 26.8 Å². The van der Waals surface area contributed by atoms with Gasteiger partial charge in [-0.2, -0.15) is 0 Å². The molecule has 1 aromatic rings. The van der Waals surface area contributed by atoms with E-state index in [1.54, 1.807) is 6.07 Å². The van der Waals surface area contributed by atoms with Gasteiger partial charge in [-0.25, -0.2) is 4.39 Å². The van der Waals surface area contributed by atoms with E-state index in [0.29, 0.717) is 5.92 Å². The summed E-state index contributed by atoms with van der Waals surface area (Å²) in [6.45, 7) is 8.05. The Labute approximate surface area is 86.2 Å². The van der Waals surface area contributed by atoms with Gasteiger partial charge in [0.1, 0.15) is 5.82 Å². The van der Waals surface area contributed by atoms with Gasteiger partial charge in [-0.05, 0) is 48.4 Å². The Kier molecular flexibility index (Phi) is 3.68. The minimum Gasteiger partial charge on any atom is -0.207 e. The van der Waals surface area contributed by atoms with Crippen LogP contribution in [-0.4, -0.2) is 0 Å². The summed E-state index contributed by atoms with van der Waals surface area (Å²) in [5.41, 5.74) is 3.34. The van der Waals surface area contributed by atoms with E-state index < -0.39 is 0 Å². The minimum absolute atomic E-state index is 0.0529. The standard InChI is InChI=1S/C11H13F.C2H6/c1-7-3-9-5-8(2)11(12)6-10(9)4-7;1-2/h5-7H,3-4H2,1-2H3;1-2H3. The zero-order valence-corrected chi connectivity index (χ0v) is 9.52. The Morgan fingerprint density at radius 1 is 1.14 bits per heavy atom. The Bertz CT molecular complexity index is 284.